The van der Waals surface area contributed by atoms with E-state index in [-0.39, 0.29) is 6.42 Å². The number of carbonyl (C=O) groups is 1. The van der Waals surface area contributed by atoms with Crippen molar-refractivity contribution in [1.29, 1.82) is 0 Å². The molecule has 0 amide bonds. The first-order valence-corrected chi connectivity index (χ1v) is 11.4. The van der Waals surface area contributed by atoms with E-state index in [2.05, 4.69) is 44.7 Å². The smallest absolute Gasteiger partial charge is 0.475 e. The molecule has 1 aliphatic rings. The van der Waals surface area contributed by atoms with Gasteiger partial charge >= 0.3 is 12.1 Å². The highest BCUT2D eigenvalue weighted by Crippen LogP contribution is 2.50. The Balaban J connectivity index is 0.000000451. The van der Waals surface area contributed by atoms with Gasteiger partial charge in [-0.25, -0.2) is 18.6 Å². The number of anilines is 1. The van der Waals surface area contributed by atoms with Crippen LogP contribution in [0.2, 0.25) is 5.15 Å². The molecule has 2 heterocycles. The quantitative estimate of drug-likeness (QED) is 0.176. The maximum Gasteiger partial charge on any atom is 0.490 e. The van der Waals surface area contributed by atoms with Crippen molar-refractivity contribution in [2.75, 3.05) is 11.9 Å². The summed E-state index contributed by atoms with van der Waals surface area (Å²) in [4.78, 5) is 13.9. The number of carboxylic acids is 1. The molecule has 0 radical (unpaired) electrons. The summed E-state index contributed by atoms with van der Waals surface area (Å²) in [7, 11) is 0. The van der Waals surface area contributed by atoms with Gasteiger partial charge in [-0.05, 0) is 42.4 Å². The third-order valence-electron chi connectivity index (χ3n) is 4.58. The number of rotatable bonds is 3. The maximum atomic E-state index is 14.6. The number of hydrogen-bond acceptors (Lipinski definition) is 5. The van der Waals surface area contributed by atoms with Crippen LogP contribution in [-0.4, -0.2) is 40.7 Å². The lowest BCUT2D eigenvalue weighted by Crippen LogP contribution is -2.43. The average molecular weight is 610 g/mol. The second kappa shape index (κ2) is 10.7. The summed E-state index contributed by atoms with van der Waals surface area (Å²) >= 11 is 9.55. The Bertz CT molecular complexity index is 1050. The van der Waals surface area contributed by atoms with Crippen LogP contribution in [0.1, 0.15) is 37.0 Å². The van der Waals surface area contributed by atoms with Gasteiger partial charge in [0.25, 0.3) is 5.92 Å². The number of aliphatic carboxylic acids is 1. The van der Waals surface area contributed by atoms with Crippen molar-refractivity contribution < 1.29 is 31.9 Å². The number of halogens is 7. The van der Waals surface area contributed by atoms with Crippen LogP contribution < -0.4 is 11.1 Å². The van der Waals surface area contributed by atoms with Crippen molar-refractivity contribution in [3.05, 3.63) is 19.7 Å². The van der Waals surface area contributed by atoms with E-state index in [4.69, 9.17) is 27.2 Å². The van der Waals surface area contributed by atoms with E-state index in [0.29, 0.717) is 38.5 Å². The molecule has 2 atom stereocenters. The second-order valence-corrected chi connectivity index (χ2v) is 9.35. The van der Waals surface area contributed by atoms with Gasteiger partial charge in [0.05, 0.1) is 31.9 Å². The zero-order valence-electron chi connectivity index (χ0n) is 16.5. The molecule has 1 aliphatic carbocycles. The number of nitrogens with one attached hydrogen (secondary N) is 1. The third-order valence-corrected chi connectivity index (χ3v) is 7.52. The molecule has 1 saturated carbocycles. The summed E-state index contributed by atoms with van der Waals surface area (Å²) < 4.78 is 62.4. The average Bonchev–Trinajstić information content (AvgIpc) is 2.97. The lowest BCUT2D eigenvalue weighted by Gasteiger charge is -2.35. The Kier molecular flexibility index (Phi) is 8.94. The van der Waals surface area contributed by atoms with Crippen molar-refractivity contribution in [1.82, 2.24) is 4.98 Å². The minimum absolute atomic E-state index is 0.124. The van der Waals surface area contributed by atoms with Crippen molar-refractivity contribution >= 4 is 67.4 Å². The SMILES string of the molecule is CC#CCNc1cc(Cl)nc2c(I)c([C@H]3[C@H](N)CCCC3(F)F)sc12.O=C(O)C(F)(F)F. The highest BCUT2D eigenvalue weighted by Gasteiger charge is 2.48. The van der Waals surface area contributed by atoms with Crippen LogP contribution in [0, 0.1) is 15.4 Å². The van der Waals surface area contributed by atoms with Crippen molar-refractivity contribution in [2.45, 2.75) is 50.2 Å². The summed E-state index contributed by atoms with van der Waals surface area (Å²) in [6.07, 6.45) is -4.14. The fourth-order valence-electron chi connectivity index (χ4n) is 3.18. The predicted molar refractivity (Wildman–Crippen MR) is 122 cm³/mol. The van der Waals surface area contributed by atoms with Crippen LogP contribution in [0.4, 0.5) is 27.6 Å². The Hall–Kier alpha value is -1.43. The zero-order valence-corrected chi connectivity index (χ0v) is 20.2. The molecular formula is C19H18ClF5IN3O2S. The van der Waals surface area contributed by atoms with E-state index >= 15 is 0 Å². The Labute approximate surface area is 203 Å². The summed E-state index contributed by atoms with van der Waals surface area (Å²) in [6.45, 7) is 2.21. The number of thiophene rings is 1. The molecule has 32 heavy (non-hydrogen) atoms. The normalized spacial score (nSPS) is 20.0. The summed E-state index contributed by atoms with van der Waals surface area (Å²) in [6, 6.07) is 1.15. The molecular weight excluding hydrogens is 592 g/mol. The molecule has 0 aliphatic heterocycles. The van der Waals surface area contributed by atoms with Gasteiger partial charge in [-0.3, -0.25) is 0 Å². The highest BCUT2D eigenvalue weighted by molar-refractivity contribution is 14.1. The van der Waals surface area contributed by atoms with E-state index in [1.54, 1.807) is 13.0 Å². The van der Waals surface area contributed by atoms with Crippen LogP contribution in [0.15, 0.2) is 6.07 Å². The zero-order chi connectivity index (χ0) is 24.3. The van der Waals surface area contributed by atoms with Gasteiger partial charge in [-0.15, -0.1) is 17.3 Å². The van der Waals surface area contributed by atoms with Crippen LogP contribution in [0.5, 0.6) is 0 Å². The number of hydrogen-bond donors (Lipinski definition) is 3. The maximum absolute atomic E-state index is 14.6. The number of pyridine rings is 1. The molecule has 2 aromatic rings. The van der Waals surface area contributed by atoms with Crippen LogP contribution in [0.25, 0.3) is 10.2 Å². The van der Waals surface area contributed by atoms with Gasteiger partial charge in [-0.2, -0.15) is 13.2 Å². The molecule has 4 N–H and O–H groups in total. The monoisotopic (exact) mass is 609 g/mol. The molecule has 5 nitrogen and oxygen atoms in total. The molecule has 0 aromatic carbocycles. The van der Waals surface area contributed by atoms with Gasteiger partial charge in [0.15, 0.2) is 0 Å². The lowest BCUT2D eigenvalue weighted by atomic mass is 9.81. The number of carboxylic acid groups (broad SMARTS) is 1. The Morgan fingerprint density at radius 2 is 2.12 bits per heavy atom. The topological polar surface area (TPSA) is 88.2 Å². The molecule has 2 aromatic heterocycles. The van der Waals surface area contributed by atoms with Gasteiger partial charge in [0.1, 0.15) is 5.15 Å². The first kappa shape index (κ1) is 26.8. The summed E-state index contributed by atoms with van der Waals surface area (Å²) in [5, 5.41) is 10.6. The van der Waals surface area contributed by atoms with E-state index in [1.165, 1.54) is 11.3 Å². The fourth-order valence-corrected chi connectivity index (χ4v) is 5.98. The molecule has 13 heteroatoms. The van der Waals surface area contributed by atoms with Crippen LogP contribution in [-0.2, 0) is 4.79 Å². The van der Waals surface area contributed by atoms with Crippen molar-refractivity contribution in [2.24, 2.45) is 5.73 Å². The van der Waals surface area contributed by atoms with Crippen LogP contribution in [0.3, 0.4) is 0 Å². The number of nitrogens with zero attached hydrogens (tertiary/aromatic N) is 1. The van der Waals surface area contributed by atoms with Gasteiger partial charge in [0, 0.05) is 23.4 Å². The first-order chi connectivity index (χ1) is 14.8. The van der Waals surface area contributed by atoms with Crippen molar-refractivity contribution in [3.8, 4) is 11.8 Å². The molecule has 0 unspecified atom stereocenters. The highest BCUT2D eigenvalue weighted by atomic mass is 127. The lowest BCUT2D eigenvalue weighted by molar-refractivity contribution is -0.192. The predicted octanol–water partition coefficient (Wildman–Crippen LogP) is 5.85. The minimum atomic E-state index is -5.08. The summed E-state index contributed by atoms with van der Waals surface area (Å²) in [5.74, 6) is -0.802. The van der Waals surface area contributed by atoms with E-state index in [9.17, 15) is 22.0 Å². The molecule has 0 spiro atoms. The van der Waals surface area contributed by atoms with Crippen LogP contribution >= 0.6 is 45.5 Å². The van der Waals surface area contributed by atoms with Gasteiger partial charge in [-0.1, -0.05) is 17.5 Å². The van der Waals surface area contributed by atoms with E-state index < -0.39 is 30.0 Å². The fraction of sp³-hybridized carbons (Fsp3) is 0.474. The van der Waals surface area contributed by atoms with Gasteiger partial charge in [0.2, 0.25) is 0 Å². The molecule has 176 valence electrons. The van der Waals surface area contributed by atoms with Gasteiger partial charge < -0.3 is 16.2 Å². The molecule has 3 rings (SSSR count). The van der Waals surface area contributed by atoms with Crippen molar-refractivity contribution in [3.63, 3.8) is 0 Å². The Morgan fingerprint density at radius 1 is 1.50 bits per heavy atom. The molecule has 0 bridgehead atoms. The Morgan fingerprint density at radius 3 is 2.66 bits per heavy atom. The number of nitrogens with two attached hydrogens (primary N) is 1. The standard InChI is InChI=1S/C17H17ClF2IN3S.C2HF3O2/c1-2-3-7-23-10-8-11(18)24-14-13(21)16(25-15(10)14)12-9(22)5-4-6-17(12,19)20;3-2(4,5)1(6)7/h8-9,12H,4-7,22H2,1H3,(H,23,24);(H,6,7)/t9-,12-;/m1./s1. The number of fused-ring (bicyclic) bond motifs is 1. The minimum Gasteiger partial charge on any atom is -0.475 e. The largest absolute Gasteiger partial charge is 0.490 e. The molecule has 0 saturated heterocycles. The number of alkyl halides is 5. The summed E-state index contributed by atoms with van der Waals surface area (Å²) in [5.41, 5.74) is 7.50. The molecule has 1 fully saturated rings. The number of aromatic nitrogens is 1. The van der Waals surface area contributed by atoms with E-state index in [0.717, 1.165) is 10.4 Å². The second-order valence-electron chi connectivity index (χ2n) is 6.83. The third kappa shape index (κ3) is 6.33. The first-order valence-electron chi connectivity index (χ1n) is 9.15. The van der Waals surface area contributed by atoms with E-state index in [1.807, 2.05) is 0 Å².